The molecule has 2 fully saturated rings. The molecule has 1 aromatic rings. The predicted octanol–water partition coefficient (Wildman–Crippen LogP) is 1.55. The van der Waals surface area contributed by atoms with Gasteiger partial charge in [-0.1, -0.05) is 6.92 Å². The van der Waals surface area contributed by atoms with Gasteiger partial charge in [-0.3, -0.25) is 4.90 Å². The summed E-state index contributed by atoms with van der Waals surface area (Å²) in [6.45, 7) is 6.75. The van der Waals surface area contributed by atoms with Crippen LogP contribution in [0.1, 0.15) is 32.6 Å². The van der Waals surface area contributed by atoms with Crippen LogP contribution in [0.3, 0.4) is 0 Å². The van der Waals surface area contributed by atoms with Crippen molar-refractivity contribution >= 4 is 5.95 Å². The van der Waals surface area contributed by atoms with Crippen LogP contribution in [0, 0.1) is 5.92 Å². The third-order valence-electron chi connectivity index (χ3n) is 5.20. The summed E-state index contributed by atoms with van der Waals surface area (Å²) in [6.07, 6.45) is 5.91. The molecule has 128 valence electrons. The summed E-state index contributed by atoms with van der Waals surface area (Å²) >= 11 is 0. The van der Waals surface area contributed by atoms with E-state index in [1.807, 2.05) is 0 Å². The van der Waals surface area contributed by atoms with Gasteiger partial charge in [-0.2, -0.15) is 4.98 Å². The fourth-order valence-corrected chi connectivity index (χ4v) is 3.58. The maximum absolute atomic E-state index is 10.8. The largest absolute Gasteiger partial charge is 0.481 e. The number of anilines is 1. The lowest BCUT2D eigenvalue weighted by Gasteiger charge is -2.42. The molecule has 1 aromatic heterocycles. The van der Waals surface area contributed by atoms with Crippen molar-refractivity contribution in [3.05, 3.63) is 12.3 Å². The Morgan fingerprint density at radius 3 is 2.61 bits per heavy atom. The summed E-state index contributed by atoms with van der Waals surface area (Å²) in [5.41, 5.74) is -0.485. The number of aromatic nitrogens is 2. The van der Waals surface area contributed by atoms with E-state index < -0.39 is 5.60 Å². The molecule has 0 amide bonds. The van der Waals surface area contributed by atoms with E-state index in [9.17, 15) is 5.11 Å². The zero-order valence-corrected chi connectivity index (χ0v) is 14.2. The SMILES string of the molecule is COc1ccnc(N2CCN(CC3(O)CCC(C)CC3)CC2)n1. The topological polar surface area (TPSA) is 61.7 Å². The molecular weight excluding hydrogens is 292 g/mol. The molecule has 23 heavy (non-hydrogen) atoms. The van der Waals surface area contributed by atoms with E-state index >= 15 is 0 Å². The Hall–Kier alpha value is -1.40. The highest BCUT2D eigenvalue weighted by atomic mass is 16.5. The molecule has 0 spiro atoms. The molecule has 1 aliphatic carbocycles. The number of β-amino-alcohol motifs (C(OH)–C–C–N with tert-alkyl or cyclic N) is 1. The second-order valence-electron chi connectivity index (χ2n) is 7.07. The lowest BCUT2D eigenvalue weighted by Crippen LogP contribution is -2.53. The van der Waals surface area contributed by atoms with Gasteiger partial charge in [-0.05, 0) is 31.6 Å². The number of methoxy groups -OCH3 is 1. The van der Waals surface area contributed by atoms with Crippen LogP contribution in [0.4, 0.5) is 5.95 Å². The van der Waals surface area contributed by atoms with Gasteiger partial charge >= 0.3 is 0 Å². The van der Waals surface area contributed by atoms with Crippen molar-refractivity contribution in [3.63, 3.8) is 0 Å². The minimum absolute atomic E-state index is 0.485. The molecule has 0 radical (unpaired) electrons. The van der Waals surface area contributed by atoms with Crippen LogP contribution in [0.5, 0.6) is 5.88 Å². The fraction of sp³-hybridized carbons (Fsp3) is 0.765. The number of nitrogens with zero attached hydrogens (tertiary/aromatic N) is 4. The van der Waals surface area contributed by atoms with E-state index in [2.05, 4.69) is 26.7 Å². The lowest BCUT2D eigenvalue weighted by atomic mass is 9.79. The quantitative estimate of drug-likeness (QED) is 0.908. The smallest absolute Gasteiger partial charge is 0.228 e. The number of hydrogen-bond donors (Lipinski definition) is 1. The molecule has 1 saturated carbocycles. The first kappa shape index (κ1) is 16.5. The average Bonchev–Trinajstić information content (AvgIpc) is 2.58. The minimum Gasteiger partial charge on any atom is -0.481 e. The van der Waals surface area contributed by atoms with Gasteiger partial charge in [0.05, 0.1) is 12.7 Å². The molecule has 6 heteroatoms. The third kappa shape index (κ3) is 4.12. The highest BCUT2D eigenvalue weighted by Crippen LogP contribution is 2.32. The van der Waals surface area contributed by atoms with Crippen LogP contribution in [0.25, 0.3) is 0 Å². The van der Waals surface area contributed by atoms with Gasteiger partial charge in [0.25, 0.3) is 0 Å². The Kier molecular flexibility index (Phi) is 5.02. The Bertz CT molecular complexity index is 509. The molecule has 0 aromatic carbocycles. The van der Waals surface area contributed by atoms with Gasteiger partial charge in [0.2, 0.25) is 11.8 Å². The lowest BCUT2D eigenvalue weighted by molar-refractivity contribution is -0.0359. The zero-order valence-electron chi connectivity index (χ0n) is 14.2. The first-order valence-corrected chi connectivity index (χ1v) is 8.65. The molecule has 1 aliphatic heterocycles. The summed E-state index contributed by atoms with van der Waals surface area (Å²) in [5, 5.41) is 10.8. The van der Waals surface area contributed by atoms with Crippen LogP contribution < -0.4 is 9.64 Å². The fourth-order valence-electron chi connectivity index (χ4n) is 3.58. The third-order valence-corrected chi connectivity index (χ3v) is 5.20. The van der Waals surface area contributed by atoms with Crippen molar-refractivity contribution in [1.29, 1.82) is 0 Å². The van der Waals surface area contributed by atoms with E-state index in [-0.39, 0.29) is 0 Å². The van der Waals surface area contributed by atoms with Crippen LogP contribution in [0.2, 0.25) is 0 Å². The molecule has 2 heterocycles. The van der Waals surface area contributed by atoms with Gasteiger partial charge in [0, 0.05) is 45.0 Å². The molecule has 0 unspecified atom stereocenters. The highest BCUT2D eigenvalue weighted by molar-refractivity contribution is 5.32. The minimum atomic E-state index is -0.485. The summed E-state index contributed by atoms with van der Waals surface area (Å²) in [4.78, 5) is 13.3. The number of piperazine rings is 1. The van der Waals surface area contributed by atoms with Gasteiger partial charge in [0.15, 0.2) is 0 Å². The Morgan fingerprint density at radius 1 is 1.26 bits per heavy atom. The zero-order chi connectivity index (χ0) is 16.3. The molecular formula is C17H28N4O2. The van der Waals surface area contributed by atoms with Crippen molar-refractivity contribution in [1.82, 2.24) is 14.9 Å². The van der Waals surface area contributed by atoms with E-state index in [0.717, 1.165) is 70.3 Å². The Morgan fingerprint density at radius 2 is 1.96 bits per heavy atom. The predicted molar refractivity (Wildman–Crippen MR) is 89.8 cm³/mol. The number of aliphatic hydroxyl groups is 1. The maximum atomic E-state index is 10.8. The van der Waals surface area contributed by atoms with Gasteiger partial charge in [0.1, 0.15) is 0 Å². The van der Waals surface area contributed by atoms with Gasteiger partial charge < -0.3 is 14.7 Å². The summed E-state index contributed by atoms with van der Waals surface area (Å²) in [5.74, 6) is 2.09. The standard InChI is InChI=1S/C17H28N4O2/c1-14-3-6-17(22,7-4-14)13-20-9-11-21(12-10-20)16-18-8-5-15(19-16)23-2/h5,8,14,22H,3-4,6-7,9-13H2,1-2H3. The second-order valence-corrected chi connectivity index (χ2v) is 7.07. The van der Waals surface area contributed by atoms with E-state index in [4.69, 9.17) is 4.74 Å². The van der Waals surface area contributed by atoms with Crippen molar-refractivity contribution in [2.24, 2.45) is 5.92 Å². The van der Waals surface area contributed by atoms with Crippen molar-refractivity contribution in [2.45, 2.75) is 38.2 Å². The summed E-state index contributed by atoms with van der Waals surface area (Å²) < 4.78 is 5.17. The van der Waals surface area contributed by atoms with E-state index in [0.29, 0.717) is 5.88 Å². The molecule has 2 aliphatic rings. The van der Waals surface area contributed by atoms with Crippen LogP contribution in [-0.2, 0) is 0 Å². The summed E-state index contributed by atoms with van der Waals surface area (Å²) in [7, 11) is 1.62. The molecule has 6 nitrogen and oxygen atoms in total. The van der Waals surface area contributed by atoms with Gasteiger partial charge in [-0.25, -0.2) is 4.98 Å². The molecule has 1 saturated heterocycles. The van der Waals surface area contributed by atoms with E-state index in [1.54, 1.807) is 19.4 Å². The first-order valence-electron chi connectivity index (χ1n) is 8.65. The Labute approximate surface area is 138 Å². The van der Waals surface area contributed by atoms with Gasteiger partial charge in [-0.15, -0.1) is 0 Å². The normalized spacial score (nSPS) is 29.5. The molecule has 0 bridgehead atoms. The first-order chi connectivity index (χ1) is 11.1. The molecule has 1 N–H and O–H groups in total. The second kappa shape index (κ2) is 7.01. The summed E-state index contributed by atoms with van der Waals surface area (Å²) in [6, 6.07) is 1.76. The van der Waals surface area contributed by atoms with Crippen LogP contribution >= 0.6 is 0 Å². The number of rotatable bonds is 4. The molecule has 3 rings (SSSR count). The Balaban J connectivity index is 1.52. The monoisotopic (exact) mass is 320 g/mol. The van der Waals surface area contributed by atoms with Crippen LogP contribution in [-0.4, -0.2) is 65.4 Å². The number of ether oxygens (including phenoxy) is 1. The number of hydrogen-bond acceptors (Lipinski definition) is 6. The average molecular weight is 320 g/mol. The van der Waals surface area contributed by atoms with Crippen molar-refractivity contribution < 1.29 is 9.84 Å². The van der Waals surface area contributed by atoms with Crippen molar-refractivity contribution in [2.75, 3.05) is 44.7 Å². The van der Waals surface area contributed by atoms with E-state index in [1.165, 1.54) is 0 Å². The van der Waals surface area contributed by atoms with Crippen molar-refractivity contribution in [3.8, 4) is 5.88 Å². The maximum Gasteiger partial charge on any atom is 0.228 e. The molecule has 0 atom stereocenters. The highest BCUT2D eigenvalue weighted by Gasteiger charge is 2.34. The van der Waals surface area contributed by atoms with Crippen LogP contribution in [0.15, 0.2) is 12.3 Å².